The van der Waals surface area contributed by atoms with Crippen molar-refractivity contribution in [1.29, 1.82) is 0 Å². The van der Waals surface area contributed by atoms with Crippen molar-refractivity contribution in [3.8, 4) is 0 Å². The second kappa shape index (κ2) is 6.84. The van der Waals surface area contributed by atoms with Crippen LogP contribution in [0, 0.1) is 5.41 Å². The number of aromatic nitrogens is 2. The summed E-state index contributed by atoms with van der Waals surface area (Å²) in [5.74, 6) is 0. The quantitative estimate of drug-likeness (QED) is 0.593. The monoisotopic (exact) mass is 371 g/mol. The zero-order valence-electron chi connectivity index (χ0n) is 14.3. The minimum absolute atomic E-state index is 0.0919. The van der Waals surface area contributed by atoms with Crippen molar-refractivity contribution in [3.63, 3.8) is 0 Å². The lowest BCUT2D eigenvalue weighted by Gasteiger charge is -2.30. The van der Waals surface area contributed by atoms with E-state index >= 15 is 0 Å². The molecule has 0 radical (unpaired) electrons. The van der Waals surface area contributed by atoms with Gasteiger partial charge < -0.3 is 15.7 Å². The van der Waals surface area contributed by atoms with Crippen molar-refractivity contribution < 1.29 is 22.9 Å². The van der Waals surface area contributed by atoms with Gasteiger partial charge in [-0.2, -0.15) is 0 Å². The topological polar surface area (TPSA) is 146 Å². The Morgan fingerprint density at radius 1 is 1.28 bits per heavy atom. The fraction of sp³-hybridized carbons (Fsp3) is 0.500. The first-order valence-electron chi connectivity index (χ1n) is 7.48. The summed E-state index contributed by atoms with van der Waals surface area (Å²) >= 11 is 0. The molecule has 4 N–H and O–H groups in total. The van der Waals surface area contributed by atoms with Crippen LogP contribution in [0.15, 0.2) is 21.7 Å². The van der Waals surface area contributed by atoms with Gasteiger partial charge in [0.15, 0.2) is 11.0 Å². The van der Waals surface area contributed by atoms with Crippen LogP contribution in [-0.4, -0.2) is 49.6 Å². The van der Waals surface area contributed by atoms with E-state index in [0.717, 1.165) is 0 Å². The Labute approximate surface area is 145 Å². The number of amides is 1. The van der Waals surface area contributed by atoms with E-state index < -0.39 is 27.6 Å². The van der Waals surface area contributed by atoms with Gasteiger partial charge in [0.1, 0.15) is 4.90 Å². The highest BCUT2D eigenvalue weighted by Crippen LogP contribution is 2.26. The summed E-state index contributed by atoms with van der Waals surface area (Å²) in [6.45, 7) is 5.31. The number of hydrogen-bond acceptors (Lipinski definition) is 7. The second-order valence-corrected chi connectivity index (χ2v) is 8.28. The van der Waals surface area contributed by atoms with Crippen molar-refractivity contribution in [2.75, 3.05) is 18.9 Å². The molecule has 10 nitrogen and oxygen atoms in total. The number of nitrogens with one attached hydrogen (secondary N) is 3. The maximum absolute atomic E-state index is 12.6. The van der Waals surface area contributed by atoms with Gasteiger partial charge in [0.25, 0.3) is 0 Å². The predicted molar refractivity (Wildman–Crippen MR) is 90.9 cm³/mol. The first-order valence-corrected chi connectivity index (χ1v) is 8.96. The third kappa shape index (κ3) is 4.17. The molecule has 0 saturated heterocycles. The van der Waals surface area contributed by atoms with Gasteiger partial charge in [-0.1, -0.05) is 20.8 Å². The molecular formula is C14H21N5O5S. The predicted octanol–water partition coefficient (Wildman–Crippen LogP) is 1.23. The fourth-order valence-electron chi connectivity index (χ4n) is 2.26. The number of nitrogens with zero attached hydrogens (tertiary/aromatic N) is 2. The van der Waals surface area contributed by atoms with Crippen LogP contribution in [0.4, 0.5) is 10.5 Å². The Morgan fingerprint density at radius 3 is 2.48 bits per heavy atom. The molecule has 1 heterocycles. The summed E-state index contributed by atoms with van der Waals surface area (Å²) in [7, 11) is -2.28. The summed E-state index contributed by atoms with van der Waals surface area (Å²) in [5.41, 5.74) is 0.483. The maximum Gasteiger partial charge on any atom is 0.404 e. The van der Waals surface area contributed by atoms with E-state index in [4.69, 9.17) is 5.11 Å². The van der Waals surface area contributed by atoms with Gasteiger partial charge in [-0.15, -0.1) is 0 Å². The zero-order valence-corrected chi connectivity index (χ0v) is 15.1. The van der Waals surface area contributed by atoms with Crippen LogP contribution in [0.2, 0.25) is 0 Å². The number of fused-ring (bicyclic) bond motifs is 1. The van der Waals surface area contributed by atoms with Crippen LogP contribution in [0.3, 0.4) is 0 Å². The molecule has 2 aromatic rings. The molecule has 0 aliphatic rings. The van der Waals surface area contributed by atoms with Gasteiger partial charge in [-0.05, 0) is 27.9 Å². The van der Waals surface area contributed by atoms with Gasteiger partial charge in [-0.25, -0.2) is 22.6 Å². The fourth-order valence-corrected chi connectivity index (χ4v) is 3.43. The number of hydrogen-bond donors (Lipinski definition) is 4. The largest absolute Gasteiger partial charge is 0.465 e. The highest BCUT2D eigenvalue weighted by Gasteiger charge is 2.29. The van der Waals surface area contributed by atoms with E-state index in [1.807, 2.05) is 20.8 Å². The van der Waals surface area contributed by atoms with Gasteiger partial charge in [-0.3, -0.25) is 0 Å². The summed E-state index contributed by atoms with van der Waals surface area (Å²) in [4.78, 5) is 10.8. The van der Waals surface area contributed by atoms with Crippen LogP contribution >= 0.6 is 0 Å². The molecule has 0 aliphatic carbocycles. The third-order valence-corrected chi connectivity index (χ3v) is 5.21. The Hall–Kier alpha value is -2.40. The molecule has 138 valence electrons. The molecule has 1 unspecified atom stereocenters. The Morgan fingerprint density at radius 2 is 1.92 bits per heavy atom. The summed E-state index contributed by atoms with van der Waals surface area (Å²) in [6, 6.07) is 2.32. The van der Waals surface area contributed by atoms with Gasteiger partial charge in [0, 0.05) is 13.6 Å². The number of benzene rings is 1. The van der Waals surface area contributed by atoms with Gasteiger partial charge >= 0.3 is 6.09 Å². The molecule has 0 spiro atoms. The molecule has 1 atom stereocenters. The maximum atomic E-state index is 12.6. The lowest BCUT2D eigenvalue weighted by molar-refractivity contribution is 0.175. The molecule has 1 aromatic heterocycles. The van der Waals surface area contributed by atoms with E-state index in [0.29, 0.717) is 11.2 Å². The minimum atomic E-state index is -3.95. The zero-order chi connectivity index (χ0) is 18.8. The van der Waals surface area contributed by atoms with Crippen LogP contribution in [0.1, 0.15) is 20.8 Å². The highest BCUT2D eigenvalue weighted by atomic mass is 32.2. The molecule has 0 fully saturated rings. The average molecular weight is 371 g/mol. The number of carboxylic acid groups (broad SMARTS) is 1. The van der Waals surface area contributed by atoms with E-state index in [1.54, 1.807) is 13.1 Å². The first-order chi connectivity index (χ1) is 11.6. The second-order valence-electron chi connectivity index (χ2n) is 6.54. The number of carbonyl (C=O) groups is 1. The molecule has 1 aromatic carbocycles. The van der Waals surface area contributed by atoms with E-state index in [1.165, 1.54) is 6.07 Å². The Bertz CT molecular complexity index is 871. The first kappa shape index (κ1) is 18.9. The van der Waals surface area contributed by atoms with Crippen molar-refractivity contribution in [2.24, 2.45) is 5.41 Å². The standard InChI is InChI=1S/C14H21N5O5S/c1-14(2,3)10(17-13(20)21)7-16-25(22,23)9-6-5-8(15-4)11-12(9)19-24-18-11/h5-6,10,15-17H,7H2,1-4H3,(H,20,21). The van der Waals surface area contributed by atoms with Crippen LogP contribution in [-0.2, 0) is 10.0 Å². The average Bonchev–Trinajstić information content (AvgIpc) is 2.98. The van der Waals surface area contributed by atoms with E-state index in [-0.39, 0.29) is 17.0 Å². The normalized spacial score (nSPS) is 13.6. The lowest BCUT2D eigenvalue weighted by Crippen LogP contribution is -2.50. The SMILES string of the molecule is CNc1ccc(S(=O)(=O)NCC(NC(=O)O)C(C)(C)C)c2nonc12. The van der Waals surface area contributed by atoms with Gasteiger partial charge in [0.2, 0.25) is 10.0 Å². The van der Waals surface area contributed by atoms with E-state index in [9.17, 15) is 13.2 Å². The molecule has 0 bridgehead atoms. The number of rotatable bonds is 6. The third-order valence-electron chi connectivity index (χ3n) is 3.76. The van der Waals surface area contributed by atoms with Gasteiger partial charge in [0.05, 0.1) is 11.7 Å². The van der Waals surface area contributed by atoms with Crippen molar-refractivity contribution in [2.45, 2.75) is 31.7 Å². The smallest absolute Gasteiger partial charge is 0.404 e. The van der Waals surface area contributed by atoms with Crippen molar-refractivity contribution in [3.05, 3.63) is 12.1 Å². The van der Waals surface area contributed by atoms with E-state index in [2.05, 4.69) is 30.3 Å². The molecule has 25 heavy (non-hydrogen) atoms. The number of sulfonamides is 1. The summed E-state index contributed by atoms with van der Waals surface area (Å²) in [5, 5.41) is 21.5. The number of anilines is 1. The summed E-state index contributed by atoms with van der Waals surface area (Å²) < 4.78 is 32.4. The lowest BCUT2D eigenvalue weighted by atomic mass is 9.87. The van der Waals surface area contributed by atoms with Crippen LogP contribution < -0.4 is 15.4 Å². The Kier molecular flexibility index (Phi) is 5.18. The molecule has 1 amide bonds. The molecular weight excluding hydrogens is 350 g/mol. The molecule has 0 saturated carbocycles. The molecule has 0 aliphatic heterocycles. The van der Waals surface area contributed by atoms with Crippen molar-refractivity contribution >= 4 is 32.8 Å². The highest BCUT2D eigenvalue weighted by molar-refractivity contribution is 7.89. The van der Waals surface area contributed by atoms with Crippen LogP contribution in [0.5, 0.6) is 0 Å². The molecule has 11 heteroatoms. The Balaban J connectivity index is 2.30. The minimum Gasteiger partial charge on any atom is -0.465 e. The molecule has 2 rings (SSSR count). The van der Waals surface area contributed by atoms with Crippen LogP contribution in [0.25, 0.3) is 11.0 Å². The summed E-state index contributed by atoms with van der Waals surface area (Å²) in [6.07, 6.45) is -1.22. The van der Waals surface area contributed by atoms with Crippen molar-refractivity contribution in [1.82, 2.24) is 20.4 Å².